The van der Waals surface area contributed by atoms with Crippen LogP contribution in [0.15, 0.2) is 43.0 Å². The average Bonchev–Trinajstić information content (AvgIpc) is 3.08. The van der Waals surface area contributed by atoms with Gasteiger partial charge >= 0.3 is 0 Å². The molecule has 2 heterocycles. The summed E-state index contributed by atoms with van der Waals surface area (Å²) in [5.74, 6) is 0.209. The van der Waals surface area contributed by atoms with E-state index in [0.29, 0.717) is 30.8 Å². The summed E-state index contributed by atoms with van der Waals surface area (Å²) >= 11 is 0. The lowest BCUT2D eigenvalue weighted by Gasteiger charge is -2.48. The van der Waals surface area contributed by atoms with Gasteiger partial charge in [0, 0.05) is 5.92 Å². The molecule has 9 nitrogen and oxygen atoms in total. The van der Waals surface area contributed by atoms with Crippen LogP contribution in [0.4, 0.5) is 5.82 Å². The largest absolute Gasteiger partial charge is 0.382 e. The highest BCUT2D eigenvalue weighted by atomic mass is 32.2. The molecule has 0 saturated heterocycles. The van der Waals surface area contributed by atoms with Crippen LogP contribution in [-0.4, -0.2) is 46.4 Å². The molecule has 1 aliphatic carbocycles. The molecule has 2 N–H and O–H groups in total. The number of aromatic nitrogens is 4. The zero-order chi connectivity index (χ0) is 20.5. The van der Waals surface area contributed by atoms with E-state index in [1.54, 1.807) is 10.9 Å². The quantitative estimate of drug-likeness (QED) is 0.550. The summed E-state index contributed by atoms with van der Waals surface area (Å²) in [6.07, 6.45) is 5.43. The number of hydrogen-bond donors (Lipinski definition) is 1. The van der Waals surface area contributed by atoms with Gasteiger partial charge in [-0.2, -0.15) is 8.42 Å². The molecule has 1 saturated carbocycles. The smallest absolute Gasteiger partial charge is 0.264 e. The second-order valence-electron chi connectivity index (χ2n) is 7.39. The summed E-state index contributed by atoms with van der Waals surface area (Å²) in [6.45, 7) is 1.14. The minimum absolute atomic E-state index is 0.0717. The number of nitrogens with zero attached hydrogens (tertiary/aromatic N) is 4. The van der Waals surface area contributed by atoms with Gasteiger partial charge in [-0.25, -0.2) is 15.0 Å². The summed E-state index contributed by atoms with van der Waals surface area (Å²) in [7, 11) is -3.66. The van der Waals surface area contributed by atoms with Gasteiger partial charge in [-0.05, 0) is 18.4 Å². The third-order valence-corrected chi connectivity index (χ3v) is 5.91. The molecule has 0 unspecified atom stereocenters. The topological polar surface area (TPSA) is 122 Å². The van der Waals surface area contributed by atoms with Crippen LogP contribution in [0, 0.1) is 5.92 Å². The summed E-state index contributed by atoms with van der Waals surface area (Å²) in [5.41, 5.74) is 7.05. The first kappa shape index (κ1) is 19.7. The zero-order valence-electron chi connectivity index (χ0n) is 16.1. The Bertz CT molecular complexity index is 1100. The molecule has 2 atom stereocenters. The van der Waals surface area contributed by atoms with Gasteiger partial charge in [0.1, 0.15) is 17.4 Å². The molecule has 2 aromatic heterocycles. The number of rotatable bonds is 8. The van der Waals surface area contributed by atoms with Crippen LogP contribution in [-0.2, 0) is 32.2 Å². The van der Waals surface area contributed by atoms with Crippen molar-refractivity contribution in [2.45, 2.75) is 31.6 Å². The van der Waals surface area contributed by atoms with E-state index < -0.39 is 15.7 Å². The minimum atomic E-state index is -3.66. The lowest BCUT2D eigenvalue weighted by atomic mass is 9.69. The molecule has 1 fully saturated rings. The van der Waals surface area contributed by atoms with Gasteiger partial charge in [0.05, 0.1) is 32.3 Å². The molecule has 3 aromatic rings. The van der Waals surface area contributed by atoms with Gasteiger partial charge in [-0.1, -0.05) is 30.3 Å². The normalized spacial score (nSPS) is 21.9. The predicted octanol–water partition coefficient (Wildman–Crippen LogP) is 1.75. The fraction of sp³-hybridized carbons (Fsp3) is 0.421. The highest BCUT2D eigenvalue weighted by Crippen LogP contribution is 2.45. The van der Waals surface area contributed by atoms with E-state index in [1.165, 1.54) is 6.33 Å². The standard InChI is InChI=1S/C19H23N5O4S/c1-29(25,26)28-19(11-24-13-23-16-17(20)21-12-22-18(16)24)8-7-15(19)10-27-9-14-5-3-2-4-6-14/h2-6,12-13,15H,7-11H2,1H3,(H2,20,21,22)/t15-,19-/m0/s1. The maximum atomic E-state index is 12.0. The molecule has 0 amide bonds. The van der Waals surface area contributed by atoms with Crippen LogP contribution >= 0.6 is 0 Å². The fourth-order valence-corrected chi connectivity index (χ4v) is 4.62. The molecule has 29 heavy (non-hydrogen) atoms. The zero-order valence-corrected chi connectivity index (χ0v) is 16.9. The number of fused-ring (bicyclic) bond motifs is 1. The molecule has 0 bridgehead atoms. The highest BCUT2D eigenvalue weighted by molar-refractivity contribution is 7.86. The Morgan fingerprint density at radius 3 is 2.72 bits per heavy atom. The predicted molar refractivity (Wildman–Crippen MR) is 107 cm³/mol. The lowest BCUT2D eigenvalue weighted by molar-refractivity contribution is -0.110. The molecule has 0 spiro atoms. The Morgan fingerprint density at radius 2 is 2.03 bits per heavy atom. The molecular formula is C19H23N5O4S. The molecule has 0 aliphatic heterocycles. The van der Waals surface area contributed by atoms with Crippen molar-refractivity contribution in [3.05, 3.63) is 48.5 Å². The molecule has 154 valence electrons. The Hall–Kier alpha value is -2.56. The van der Waals surface area contributed by atoms with Crippen molar-refractivity contribution in [2.75, 3.05) is 18.6 Å². The molecule has 4 rings (SSSR count). The second kappa shape index (κ2) is 7.69. The second-order valence-corrected chi connectivity index (χ2v) is 8.97. The van der Waals surface area contributed by atoms with Crippen LogP contribution < -0.4 is 5.73 Å². The average molecular weight is 417 g/mol. The Labute approximate surface area is 169 Å². The first-order chi connectivity index (χ1) is 13.9. The highest BCUT2D eigenvalue weighted by Gasteiger charge is 2.51. The van der Waals surface area contributed by atoms with Gasteiger partial charge in [-0.3, -0.25) is 4.18 Å². The van der Waals surface area contributed by atoms with Crippen LogP contribution in [0.2, 0.25) is 0 Å². The van der Waals surface area contributed by atoms with Crippen molar-refractivity contribution in [3.63, 3.8) is 0 Å². The van der Waals surface area contributed by atoms with Gasteiger partial charge in [-0.15, -0.1) is 0 Å². The molecule has 0 radical (unpaired) electrons. The van der Waals surface area contributed by atoms with Crippen molar-refractivity contribution in [1.82, 2.24) is 19.5 Å². The number of nitrogens with two attached hydrogens (primary N) is 1. The summed E-state index contributed by atoms with van der Waals surface area (Å²) in [5, 5.41) is 0. The van der Waals surface area contributed by atoms with Crippen molar-refractivity contribution in [2.24, 2.45) is 5.92 Å². The first-order valence-corrected chi connectivity index (χ1v) is 11.1. The van der Waals surface area contributed by atoms with Crippen molar-refractivity contribution in [3.8, 4) is 0 Å². The van der Waals surface area contributed by atoms with Crippen LogP contribution in [0.1, 0.15) is 18.4 Å². The van der Waals surface area contributed by atoms with Crippen LogP contribution in [0.3, 0.4) is 0 Å². The SMILES string of the molecule is CS(=O)(=O)O[C@]1(Cn2cnc3c(N)ncnc32)CC[C@H]1COCc1ccccc1. The van der Waals surface area contributed by atoms with Gasteiger partial charge in [0.25, 0.3) is 10.1 Å². The Balaban J connectivity index is 1.53. The molecule has 1 aliphatic rings. The molecule has 10 heteroatoms. The lowest BCUT2D eigenvalue weighted by Crippen LogP contribution is -2.55. The monoisotopic (exact) mass is 417 g/mol. The van der Waals surface area contributed by atoms with Crippen molar-refractivity contribution < 1.29 is 17.3 Å². The van der Waals surface area contributed by atoms with Gasteiger partial charge in [0.15, 0.2) is 11.5 Å². The van der Waals surface area contributed by atoms with Gasteiger partial charge in [0.2, 0.25) is 0 Å². The number of hydrogen-bond acceptors (Lipinski definition) is 8. The number of anilines is 1. The van der Waals surface area contributed by atoms with E-state index in [9.17, 15) is 8.42 Å². The van der Waals surface area contributed by atoms with E-state index in [0.717, 1.165) is 18.2 Å². The number of ether oxygens (including phenoxy) is 1. The molecular weight excluding hydrogens is 394 g/mol. The summed E-state index contributed by atoms with van der Waals surface area (Å²) < 4.78 is 37.2. The number of benzene rings is 1. The summed E-state index contributed by atoms with van der Waals surface area (Å²) in [6, 6.07) is 9.84. The maximum Gasteiger partial charge on any atom is 0.264 e. The van der Waals surface area contributed by atoms with Crippen LogP contribution in [0.25, 0.3) is 11.2 Å². The Kier molecular flexibility index (Phi) is 5.24. The first-order valence-electron chi connectivity index (χ1n) is 9.30. The molecule has 1 aromatic carbocycles. The Morgan fingerprint density at radius 1 is 1.24 bits per heavy atom. The maximum absolute atomic E-state index is 12.0. The van der Waals surface area contributed by atoms with Crippen molar-refractivity contribution >= 4 is 27.1 Å². The van der Waals surface area contributed by atoms with E-state index in [4.69, 9.17) is 14.7 Å². The summed E-state index contributed by atoms with van der Waals surface area (Å²) in [4.78, 5) is 12.4. The van der Waals surface area contributed by atoms with E-state index >= 15 is 0 Å². The van der Waals surface area contributed by atoms with Crippen LogP contribution in [0.5, 0.6) is 0 Å². The van der Waals surface area contributed by atoms with Crippen molar-refractivity contribution in [1.29, 1.82) is 0 Å². The van der Waals surface area contributed by atoms with E-state index in [2.05, 4.69) is 15.0 Å². The third-order valence-electron chi connectivity index (χ3n) is 5.28. The number of nitrogen functional groups attached to an aromatic ring is 1. The van der Waals surface area contributed by atoms with Gasteiger partial charge < -0.3 is 15.0 Å². The fourth-order valence-electron chi connectivity index (χ4n) is 3.75. The van der Waals surface area contributed by atoms with E-state index in [1.807, 2.05) is 30.3 Å². The number of imidazole rings is 1. The minimum Gasteiger partial charge on any atom is -0.382 e. The third kappa shape index (κ3) is 4.24. The van der Waals surface area contributed by atoms with E-state index in [-0.39, 0.29) is 18.3 Å².